The normalized spacial score (nSPS) is 18.9. The Balaban J connectivity index is 2.07. The molecule has 8 nitrogen and oxygen atoms in total. The monoisotopic (exact) mass is 538 g/mol. The van der Waals surface area contributed by atoms with Crippen LogP contribution in [-0.4, -0.2) is 66.7 Å². The summed E-state index contributed by atoms with van der Waals surface area (Å²) in [5.41, 5.74) is 6.28. The van der Waals surface area contributed by atoms with Crippen LogP contribution in [0.25, 0.3) is 0 Å². The van der Waals surface area contributed by atoms with Crippen molar-refractivity contribution in [3.05, 3.63) is 35.9 Å². The molecule has 0 saturated carbocycles. The van der Waals surface area contributed by atoms with Gasteiger partial charge in [-0.05, 0) is 90.3 Å². The van der Waals surface area contributed by atoms with Gasteiger partial charge in [-0.3, -0.25) is 23.6 Å². The molecule has 0 bridgehead atoms. The highest BCUT2D eigenvalue weighted by Gasteiger charge is 2.35. The molecular formula is C28H47N2O6P. The number of aliphatic carboxylic acids is 1. The van der Waals surface area contributed by atoms with Crippen molar-refractivity contribution in [2.24, 2.45) is 17.1 Å². The third-order valence-corrected chi connectivity index (χ3v) is 9.54. The lowest BCUT2D eigenvalue weighted by Gasteiger charge is -2.30. The Kier molecular flexibility index (Phi) is 13.3. The molecule has 3 atom stereocenters. The molecule has 3 N–H and O–H groups in total. The van der Waals surface area contributed by atoms with Gasteiger partial charge in [0.15, 0.2) is 6.79 Å². The second-order valence-corrected chi connectivity index (χ2v) is 13.9. The molecule has 37 heavy (non-hydrogen) atoms. The molecule has 210 valence electrons. The smallest absolute Gasteiger partial charge is 0.320 e. The average molecular weight is 539 g/mol. The van der Waals surface area contributed by atoms with Gasteiger partial charge < -0.3 is 15.6 Å². The van der Waals surface area contributed by atoms with Gasteiger partial charge in [0.1, 0.15) is 6.04 Å². The SMILES string of the molecule is CC(C)(C)C(=O)OCOP(=O)(CCCCc1ccccc1)CC(CCCCN)CN1CCC[C@H]1C(=O)O. The van der Waals surface area contributed by atoms with Crippen LogP contribution < -0.4 is 5.73 Å². The van der Waals surface area contributed by atoms with Crippen molar-refractivity contribution < 1.29 is 28.5 Å². The van der Waals surface area contributed by atoms with Crippen molar-refractivity contribution in [1.29, 1.82) is 0 Å². The standard InChI is InChI=1S/C28H47N2O6P/c1-28(2,3)27(33)35-22-36-37(34,19-10-8-14-23-12-5-4-6-13-23)21-24(15-7-9-17-29)20-30-18-11-16-25(30)26(31)32/h4-6,12-13,24-25H,7-11,14-22,29H2,1-3H3,(H,31,32)/t24?,25-,37?/m0/s1. The van der Waals surface area contributed by atoms with E-state index in [-0.39, 0.29) is 12.7 Å². The van der Waals surface area contributed by atoms with Crippen LogP contribution in [0.3, 0.4) is 0 Å². The number of unbranched alkanes of at least 4 members (excludes halogenated alkanes) is 2. The highest BCUT2D eigenvalue weighted by atomic mass is 31.2. The zero-order valence-corrected chi connectivity index (χ0v) is 23.8. The van der Waals surface area contributed by atoms with Gasteiger partial charge in [-0.2, -0.15) is 0 Å². The van der Waals surface area contributed by atoms with Crippen molar-refractivity contribution in [1.82, 2.24) is 4.90 Å². The van der Waals surface area contributed by atoms with Gasteiger partial charge in [0.05, 0.1) is 5.41 Å². The molecule has 1 aliphatic heterocycles. The second-order valence-electron chi connectivity index (χ2n) is 11.2. The fourth-order valence-electron chi connectivity index (χ4n) is 4.79. The fourth-order valence-corrected chi connectivity index (χ4v) is 7.25. The quantitative estimate of drug-likeness (QED) is 0.121. The minimum absolute atomic E-state index is 0.0183. The zero-order valence-electron chi connectivity index (χ0n) is 22.9. The molecule has 9 heteroatoms. The Morgan fingerprint density at radius 3 is 2.54 bits per heavy atom. The highest BCUT2D eigenvalue weighted by Crippen LogP contribution is 2.50. The van der Waals surface area contributed by atoms with Gasteiger partial charge in [-0.15, -0.1) is 0 Å². The number of esters is 1. The molecular weight excluding hydrogens is 491 g/mol. The number of aryl methyl sites for hydroxylation is 1. The Morgan fingerprint density at radius 1 is 1.16 bits per heavy atom. The highest BCUT2D eigenvalue weighted by molar-refractivity contribution is 7.59. The number of carboxylic acids is 1. The summed E-state index contributed by atoms with van der Waals surface area (Å²) < 4.78 is 25.3. The largest absolute Gasteiger partial charge is 0.480 e. The topological polar surface area (TPSA) is 119 Å². The summed E-state index contributed by atoms with van der Waals surface area (Å²) >= 11 is 0. The Morgan fingerprint density at radius 2 is 1.89 bits per heavy atom. The van der Waals surface area contributed by atoms with E-state index >= 15 is 0 Å². The van der Waals surface area contributed by atoms with Crippen LogP contribution in [0.2, 0.25) is 0 Å². The summed E-state index contributed by atoms with van der Waals surface area (Å²) in [5, 5.41) is 9.63. The number of nitrogens with zero attached hydrogens (tertiary/aromatic N) is 1. The first-order chi connectivity index (χ1) is 17.5. The van der Waals surface area contributed by atoms with Gasteiger partial charge in [-0.1, -0.05) is 36.8 Å². The van der Waals surface area contributed by atoms with Crippen LogP contribution in [0.15, 0.2) is 30.3 Å². The Labute approximate surface area is 222 Å². The molecule has 1 fully saturated rings. The number of carbonyl (C=O) groups is 2. The van der Waals surface area contributed by atoms with E-state index in [1.165, 1.54) is 5.56 Å². The van der Waals surface area contributed by atoms with Crippen LogP contribution >= 0.6 is 7.37 Å². The maximum absolute atomic E-state index is 14.1. The summed E-state index contributed by atoms with van der Waals surface area (Å²) in [6, 6.07) is 9.71. The molecule has 0 aromatic heterocycles. The Hall–Kier alpha value is -1.73. The molecule has 2 unspecified atom stereocenters. The third-order valence-electron chi connectivity index (χ3n) is 6.89. The summed E-state index contributed by atoms with van der Waals surface area (Å²) in [5.74, 6) is -1.18. The van der Waals surface area contributed by atoms with Crippen molar-refractivity contribution in [3.8, 4) is 0 Å². The van der Waals surface area contributed by atoms with E-state index in [4.69, 9.17) is 15.0 Å². The predicted molar refractivity (Wildman–Crippen MR) is 147 cm³/mol. The van der Waals surface area contributed by atoms with E-state index in [1.54, 1.807) is 20.8 Å². The molecule has 1 aromatic carbocycles. The fraction of sp³-hybridized carbons (Fsp3) is 0.714. The van der Waals surface area contributed by atoms with Gasteiger partial charge in [0, 0.05) is 18.9 Å². The van der Waals surface area contributed by atoms with E-state index < -0.39 is 30.8 Å². The number of carboxylic acid groups (broad SMARTS) is 1. The molecule has 1 saturated heterocycles. The molecule has 0 radical (unpaired) electrons. The number of carbonyl (C=O) groups excluding carboxylic acids is 1. The number of hydrogen-bond donors (Lipinski definition) is 2. The molecule has 1 heterocycles. The molecule has 2 rings (SSSR count). The van der Waals surface area contributed by atoms with E-state index in [9.17, 15) is 19.3 Å². The molecule has 1 aliphatic rings. The molecule has 0 spiro atoms. The molecule has 1 aromatic rings. The van der Waals surface area contributed by atoms with Crippen molar-refractivity contribution in [2.45, 2.75) is 78.2 Å². The molecule has 0 amide bonds. The van der Waals surface area contributed by atoms with Gasteiger partial charge in [0.25, 0.3) is 0 Å². The number of hydrogen-bond acceptors (Lipinski definition) is 7. The lowest BCUT2D eigenvalue weighted by molar-refractivity contribution is -0.159. The third kappa shape index (κ3) is 11.7. The lowest BCUT2D eigenvalue weighted by atomic mass is 9.98. The van der Waals surface area contributed by atoms with Crippen LogP contribution in [0.5, 0.6) is 0 Å². The number of ether oxygens (including phenoxy) is 1. The van der Waals surface area contributed by atoms with E-state index in [0.717, 1.165) is 51.5 Å². The first-order valence-corrected chi connectivity index (χ1v) is 15.6. The average Bonchev–Trinajstić information content (AvgIpc) is 3.30. The minimum Gasteiger partial charge on any atom is -0.480 e. The molecule has 0 aliphatic carbocycles. The minimum atomic E-state index is -3.14. The van der Waals surface area contributed by atoms with Crippen LogP contribution in [0.1, 0.15) is 71.3 Å². The summed E-state index contributed by atoms with van der Waals surface area (Å²) in [7, 11) is -3.14. The number of benzene rings is 1. The van der Waals surface area contributed by atoms with Crippen LogP contribution in [-0.2, 0) is 29.8 Å². The van der Waals surface area contributed by atoms with Crippen LogP contribution in [0, 0.1) is 11.3 Å². The first-order valence-electron chi connectivity index (χ1n) is 13.6. The summed E-state index contributed by atoms with van der Waals surface area (Å²) in [6.45, 7) is 6.85. The zero-order chi connectivity index (χ0) is 27.3. The Bertz CT molecular complexity index is 873. The van der Waals surface area contributed by atoms with E-state index in [1.807, 2.05) is 23.1 Å². The van der Waals surface area contributed by atoms with E-state index in [0.29, 0.717) is 31.8 Å². The maximum atomic E-state index is 14.1. The number of rotatable bonds is 17. The second kappa shape index (κ2) is 15.6. The van der Waals surface area contributed by atoms with Gasteiger partial charge in [0.2, 0.25) is 7.37 Å². The maximum Gasteiger partial charge on any atom is 0.320 e. The lowest BCUT2D eigenvalue weighted by Crippen LogP contribution is -2.40. The van der Waals surface area contributed by atoms with Crippen molar-refractivity contribution >= 4 is 19.3 Å². The first kappa shape index (κ1) is 31.5. The summed E-state index contributed by atoms with van der Waals surface area (Å²) in [6.07, 6.45) is 7.31. The van der Waals surface area contributed by atoms with Crippen molar-refractivity contribution in [2.75, 3.05) is 38.8 Å². The number of likely N-dealkylation sites (tertiary alicyclic amines) is 1. The van der Waals surface area contributed by atoms with Crippen molar-refractivity contribution in [3.63, 3.8) is 0 Å². The summed E-state index contributed by atoms with van der Waals surface area (Å²) in [4.78, 5) is 26.0. The predicted octanol–water partition coefficient (Wildman–Crippen LogP) is 5.15. The van der Waals surface area contributed by atoms with E-state index in [2.05, 4.69) is 12.1 Å². The van der Waals surface area contributed by atoms with Gasteiger partial charge in [-0.25, -0.2) is 0 Å². The number of nitrogens with two attached hydrogens (primary N) is 1. The van der Waals surface area contributed by atoms with Crippen LogP contribution in [0.4, 0.5) is 0 Å². The van der Waals surface area contributed by atoms with Gasteiger partial charge >= 0.3 is 11.9 Å².